The van der Waals surface area contributed by atoms with Crippen molar-refractivity contribution in [2.45, 2.75) is 13.1 Å². The number of aromatic nitrogens is 3. The highest BCUT2D eigenvalue weighted by Gasteiger charge is 2.22. The molecule has 1 aromatic rings. The van der Waals surface area contributed by atoms with E-state index in [9.17, 15) is 13.2 Å². The van der Waals surface area contributed by atoms with Crippen molar-refractivity contribution in [3.63, 3.8) is 0 Å². The molecule has 1 fully saturated rings. The van der Waals surface area contributed by atoms with Gasteiger partial charge in [-0.2, -0.15) is 0 Å². The predicted molar refractivity (Wildman–Crippen MR) is 61.6 cm³/mol. The molecule has 0 bridgehead atoms. The largest absolute Gasteiger partial charge is 0.480 e. The third kappa shape index (κ3) is 3.50. The quantitative estimate of drug-likeness (QED) is 0.719. The molecule has 1 aliphatic heterocycles. The number of rotatable bonds is 4. The first-order chi connectivity index (χ1) is 8.44. The normalized spacial score (nSPS) is 19.8. The number of hydrogen-bond donors (Lipinski definition) is 1. The molecular formula is C9H14N4O4S. The van der Waals surface area contributed by atoms with Gasteiger partial charge in [-0.3, -0.25) is 9.69 Å². The monoisotopic (exact) mass is 274 g/mol. The van der Waals surface area contributed by atoms with Crippen molar-refractivity contribution in [2.24, 2.45) is 0 Å². The zero-order valence-corrected chi connectivity index (χ0v) is 10.5. The summed E-state index contributed by atoms with van der Waals surface area (Å²) in [6, 6.07) is 0. The van der Waals surface area contributed by atoms with E-state index in [0.717, 1.165) is 0 Å². The molecule has 0 unspecified atom stereocenters. The van der Waals surface area contributed by atoms with Crippen LogP contribution in [0.1, 0.15) is 5.69 Å². The first-order valence-electron chi connectivity index (χ1n) is 5.48. The van der Waals surface area contributed by atoms with E-state index in [2.05, 4.69) is 10.3 Å². The van der Waals surface area contributed by atoms with Crippen LogP contribution in [0, 0.1) is 0 Å². The molecule has 1 saturated heterocycles. The molecule has 1 aromatic heterocycles. The SMILES string of the molecule is O=C(O)Cn1cc(CN2CCS(=O)(=O)CC2)nn1. The minimum atomic E-state index is -2.88. The topological polar surface area (TPSA) is 105 Å². The highest BCUT2D eigenvalue weighted by atomic mass is 32.2. The molecule has 0 atom stereocenters. The van der Waals surface area contributed by atoms with Crippen LogP contribution in [0.25, 0.3) is 0 Å². The number of carboxylic acids is 1. The Morgan fingerprint density at radius 3 is 2.67 bits per heavy atom. The lowest BCUT2D eigenvalue weighted by molar-refractivity contribution is -0.137. The van der Waals surface area contributed by atoms with E-state index in [1.165, 1.54) is 4.68 Å². The predicted octanol–water partition coefficient (Wildman–Crippen LogP) is -1.41. The van der Waals surface area contributed by atoms with Crippen molar-refractivity contribution in [1.29, 1.82) is 0 Å². The summed E-state index contributed by atoms with van der Waals surface area (Å²) < 4.78 is 23.7. The van der Waals surface area contributed by atoms with Crippen molar-refractivity contribution in [3.05, 3.63) is 11.9 Å². The van der Waals surface area contributed by atoms with Crippen molar-refractivity contribution < 1.29 is 18.3 Å². The lowest BCUT2D eigenvalue weighted by Gasteiger charge is -2.25. The van der Waals surface area contributed by atoms with E-state index in [4.69, 9.17) is 5.11 Å². The first-order valence-corrected chi connectivity index (χ1v) is 7.30. The Bertz CT molecular complexity index is 525. The van der Waals surface area contributed by atoms with Crippen LogP contribution < -0.4 is 0 Å². The molecule has 0 amide bonds. The second-order valence-corrected chi connectivity index (χ2v) is 6.53. The van der Waals surface area contributed by atoms with Crippen LogP contribution in [0.3, 0.4) is 0 Å². The molecule has 9 heteroatoms. The number of carbonyl (C=O) groups is 1. The van der Waals surface area contributed by atoms with Gasteiger partial charge in [0.1, 0.15) is 6.54 Å². The van der Waals surface area contributed by atoms with Gasteiger partial charge < -0.3 is 5.11 Å². The molecule has 0 aromatic carbocycles. The van der Waals surface area contributed by atoms with Crippen LogP contribution >= 0.6 is 0 Å². The zero-order chi connectivity index (χ0) is 13.2. The number of hydrogen-bond acceptors (Lipinski definition) is 6. The van der Waals surface area contributed by atoms with Gasteiger partial charge in [0.05, 0.1) is 23.4 Å². The molecule has 2 heterocycles. The van der Waals surface area contributed by atoms with E-state index >= 15 is 0 Å². The fourth-order valence-corrected chi connectivity index (χ4v) is 3.04. The summed E-state index contributed by atoms with van der Waals surface area (Å²) >= 11 is 0. The summed E-state index contributed by atoms with van der Waals surface area (Å²) in [7, 11) is -2.88. The lowest BCUT2D eigenvalue weighted by atomic mass is 10.4. The summed E-state index contributed by atoms with van der Waals surface area (Å²) in [5.41, 5.74) is 0.649. The van der Waals surface area contributed by atoms with Crippen molar-refractivity contribution in [3.8, 4) is 0 Å². The van der Waals surface area contributed by atoms with Crippen molar-refractivity contribution in [1.82, 2.24) is 19.9 Å². The Kier molecular flexibility index (Phi) is 3.62. The maximum atomic E-state index is 11.2. The molecule has 100 valence electrons. The summed E-state index contributed by atoms with van der Waals surface area (Å²) in [5, 5.41) is 16.1. The molecule has 8 nitrogen and oxygen atoms in total. The van der Waals surface area contributed by atoms with Gasteiger partial charge in [-0.15, -0.1) is 5.10 Å². The van der Waals surface area contributed by atoms with Crippen molar-refractivity contribution in [2.75, 3.05) is 24.6 Å². The van der Waals surface area contributed by atoms with Crippen LogP contribution in [0.5, 0.6) is 0 Å². The van der Waals surface area contributed by atoms with Gasteiger partial charge in [0.15, 0.2) is 9.84 Å². The molecule has 0 spiro atoms. The standard InChI is InChI=1S/C9H14N4O4S/c14-9(15)7-13-6-8(10-11-13)5-12-1-3-18(16,17)4-2-12/h6H,1-5,7H2,(H,14,15). The molecular weight excluding hydrogens is 260 g/mol. The molecule has 0 radical (unpaired) electrons. The molecule has 0 aliphatic carbocycles. The molecule has 0 saturated carbocycles. The Balaban J connectivity index is 1.90. The summed E-state index contributed by atoms with van der Waals surface area (Å²) in [6.45, 7) is 1.23. The summed E-state index contributed by atoms with van der Waals surface area (Å²) in [4.78, 5) is 12.4. The Morgan fingerprint density at radius 2 is 2.06 bits per heavy atom. The van der Waals surface area contributed by atoms with E-state index in [-0.39, 0.29) is 18.1 Å². The van der Waals surface area contributed by atoms with Gasteiger partial charge in [0, 0.05) is 19.6 Å². The molecule has 2 rings (SSSR count). The van der Waals surface area contributed by atoms with E-state index in [0.29, 0.717) is 25.3 Å². The second kappa shape index (κ2) is 5.02. The Morgan fingerprint density at radius 1 is 1.39 bits per heavy atom. The fraction of sp³-hybridized carbons (Fsp3) is 0.667. The highest BCUT2D eigenvalue weighted by Crippen LogP contribution is 2.07. The highest BCUT2D eigenvalue weighted by molar-refractivity contribution is 7.91. The number of carboxylic acid groups (broad SMARTS) is 1. The van der Waals surface area contributed by atoms with Gasteiger partial charge in [-0.25, -0.2) is 13.1 Å². The molecule has 1 aliphatic rings. The van der Waals surface area contributed by atoms with Crippen LogP contribution in [0.2, 0.25) is 0 Å². The Labute approximate surface area is 104 Å². The average molecular weight is 274 g/mol. The Hall–Kier alpha value is -1.48. The summed E-state index contributed by atoms with van der Waals surface area (Å²) in [5.74, 6) is -0.650. The number of aliphatic carboxylic acids is 1. The summed E-state index contributed by atoms with van der Waals surface area (Å²) in [6.07, 6.45) is 1.57. The van der Waals surface area contributed by atoms with E-state index in [1.807, 2.05) is 4.90 Å². The van der Waals surface area contributed by atoms with Gasteiger partial charge in [-0.1, -0.05) is 5.21 Å². The van der Waals surface area contributed by atoms with Crippen LogP contribution in [0.15, 0.2) is 6.20 Å². The van der Waals surface area contributed by atoms with Gasteiger partial charge >= 0.3 is 5.97 Å². The van der Waals surface area contributed by atoms with Crippen molar-refractivity contribution >= 4 is 15.8 Å². The number of nitrogens with zero attached hydrogens (tertiary/aromatic N) is 4. The maximum Gasteiger partial charge on any atom is 0.325 e. The van der Waals surface area contributed by atoms with E-state index in [1.54, 1.807) is 6.20 Å². The molecule has 18 heavy (non-hydrogen) atoms. The van der Waals surface area contributed by atoms with Gasteiger partial charge in [-0.05, 0) is 0 Å². The lowest BCUT2D eigenvalue weighted by Crippen LogP contribution is -2.39. The molecule has 1 N–H and O–H groups in total. The average Bonchev–Trinajstić information content (AvgIpc) is 2.68. The second-order valence-electron chi connectivity index (χ2n) is 4.23. The zero-order valence-electron chi connectivity index (χ0n) is 9.69. The minimum absolute atomic E-state index is 0.163. The van der Waals surface area contributed by atoms with Gasteiger partial charge in [0.25, 0.3) is 0 Å². The minimum Gasteiger partial charge on any atom is -0.480 e. The van der Waals surface area contributed by atoms with E-state index < -0.39 is 15.8 Å². The number of sulfone groups is 1. The third-order valence-corrected chi connectivity index (χ3v) is 4.32. The first kappa shape index (κ1) is 13.0. The van der Waals surface area contributed by atoms with Crippen LogP contribution in [0.4, 0.5) is 0 Å². The van der Waals surface area contributed by atoms with Gasteiger partial charge in [0.2, 0.25) is 0 Å². The maximum absolute atomic E-state index is 11.2. The smallest absolute Gasteiger partial charge is 0.325 e. The fourth-order valence-electron chi connectivity index (χ4n) is 1.76. The van der Waals surface area contributed by atoms with Crippen LogP contribution in [-0.2, 0) is 27.7 Å². The van der Waals surface area contributed by atoms with Crippen LogP contribution in [-0.4, -0.2) is 64.0 Å². The third-order valence-electron chi connectivity index (χ3n) is 2.71.